The molecule has 414 valence electrons. The molecule has 0 atom stereocenters. The zero-order valence-corrected chi connectivity index (χ0v) is 50.1. The first kappa shape index (κ1) is 54.0. The lowest BCUT2D eigenvalue weighted by molar-refractivity contribution is 0.103. The van der Waals surface area contributed by atoms with Crippen LogP contribution in [0.15, 0.2) is 95.3 Å². The molecule has 0 unspecified atom stereocenters. The van der Waals surface area contributed by atoms with Crippen LogP contribution in [0.1, 0.15) is 113 Å². The fourth-order valence-corrected chi connectivity index (χ4v) is 17.8. The van der Waals surface area contributed by atoms with Gasteiger partial charge in [-0.25, -0.2) is 14.8 Å². The van der Waals surface area contributed by atoms with E-state index in [1.807, 2.05) is 82.3 Å². The molecule has 0 saturated carbocycles. The van der Waals surface area contributed by atoms with Crippen LogP contribution in [0.3, 0.4) is 0 Å². The van der Waals surface area contributed by atoms with E-state index in [4.69, 9.17) is 47.9 Å². The van der Waals surface area contributed by atoms with E-state index < -0.39 is 22.8 Å². The van der Waals surface area contributed by atoms with Crippen molar-refractivity contribution in [2.24, 2.45) is 0 Å². The number of Topliss-reactive ketones (excluding diaryl/α,β-unsaturated/α-hetero) is 2. The number of thiophene rings is 4. The normalized spacial score (nSPS) is 15.5. The number of hydrogen-bond acceptors (Lipinski definition) is 19. The maximum absolute atomic E-state index is 14.4. The van der Waals surface area contributed by atoms with Crippen LogP contribution >= 0.6 is 57.1 Å². The van der Waals surface area contributed by atoms with Crippen molar-refractivity contribution in [2.75, 3.05) is 0 Å². The fourth-order valence-electron chi connectivity index (χ4n) is 12.2. The van der Waals surface area contributed by atoms with E-state index in [1.54, 1.807) is 30.4 Å². The molecule has 5 aliphatic rings. The van der Waals surface area contributed by atoms with Gasteiger partial charge < -0.3 is 9.47 Å². The first-order valence-corrected chi connectivity index (χ1v) is 30.6. The first-order valence-electron chi connectivity index (χ1n) is 26.6. The molecule has 0 spiro atoms. The van der Waals surface area contributed by atoms with Crippen molar-refractivity contribution in [2.45, 2.75) is 38.9 Å². The summed E-state index contributed by atoms with van der Waals surface area (Å²) in [5.41, 5.74) is 5.27. The van der Waals surface area contributed by atoms with Crippen LogP contribution in [0.25, 0.3) is 112 Å². The van der Waals surface area contributed by atoms with Gasteiger partial charge in [-0.2, -0.15) is 44.7 Å². The van der Waals surface area contributed by atoms with Crippen molar-refractivity contribution in [3.63, 3.8) is 0 Å². The highest BCUT2D eigenvalue weighted by atomic mass is 32.1. The third kappa shape index (κ3) is 7.61. The number of carbonyl (C=O) groups is 3. The lowest BCUT2D eigenvalue weighted by atomic mass is 9.93. The number of ether oxygens (including phenoxy) is 2. The molecule has 2 aliphatic heterocycles. The second-order valence-corrected chi connectivity index (χ2v) is 26.6. The Balaban J connectivity index is 0.891. The molecule has 6 aromatic heterocycles. The Kier molecular flexibility index (Phi) is 11.6. The molecule has 3 aliphatic carbocycles. The highest BCUT2D eigenvalue weighted by Gasteiger charge is 2.43. The number of nitrogens with zero attached hydrogens (tertiary/aromatic N) is 12. The Labute approximate surface area is 523 Å². The van der Waals surface area contributed by atoms with E-state index in [2.05, 4.69) is 20.6 Å². The van der Waals surface area contributed by atoms with Crippen molar-refractivity contribution in [3.05, 3.63) is 201 Å². The van der Waals surface area contributed by atoms with Crippen molar-refractivity contribution < 1.29 is 23.9 Å². The third-order valence-electron chi connectivity index (χ3n) is 16.1. The van der Waals surface area contributed by atoms with Crippen LogP contribution in [-0.4, -0.2) is 36.1 Å². The highest BCUT2D eigenvalue weighted by Crippen LogP contribution is 2.59. The van der Waals surface area contributed by atoms with Gasteiger partial charge in [-0.3, -0.25) is 14.4 Å². The van der Waals surface area contributed by atoms with Gasteiger partial charge in [-0.05, 0) is 99.5 Å². The number of fused-ring (bicyclic) bond motifs is 13. The SMILES string of the molecule is [C-]#[N+]C([N+]#[C-])=C1/C(=C/c2cc3c(s2)-c2sc(-c4c5nsnc5c(-c5cc6c(s5)-c5sc(/C=C7\C(=O)c8cc([N+]#[C-])c(C#N)cc8C7=C(C#N)C#N)cc5OC6(C)C)c5nc6c(nc45)C(=O)c4ccccc4-6)cc2C(C)(C)O3)C(=O)c2cc(C#N)c(C#N)cc21. The van der Waals surface area contributed by atoms with Gasteiger partial charge >= 0.3 is 5.82 Å². The summed E-state index contributed by atoms with van der Waals surface area (Å²) in [6.07, 6.45) is 3.22. The number of benzene rings is 4. The quantitative estimate of drug-likeness (QED) is 0.0902. The molecule has 0 N–H and O–H groups in total. The summed E-state index contributed by atoms with van der Waals surface area (Å²) in [5.74, 6) is -0.584. The second-order valence-electron chi connectivity index (χ2n) is 21.8. The Hall–Kier alpha value is -11.7. The molecule has 22 heteroatoms. The van der Waals surface area contributed by atoms with Gasteiger partial charge in [0.2, 0.25) is 11.5 Å². The lowest BCUT2D eigenvalue weighted by Crippen LogP contribution is -2.27. The molecule has 10 aromatic rings. The summed E-state index contributed by atoms with van der Waals surface area (Å²) in [5, 5.41) is 49.8. The molecule has 89 heavy (non-hydrogen) atoms. The minimum absolute atomic E-state index is 0.00315. The van der Waals surface area contributed by atoms with Crippen molar-refractivity contribution in [1.82, 2.24) is 18.7 Å². The number of allylic oxidation sites excluding steroid dienone is 5. The fraction of sp³-hybridized carbons (Fsp3) is 0.0896. The van der Waals surface area contributed by atoms with Crippen LogP contribution in [0, 0.1) is 76.4 Å². The zero-order valence-electron chi connectivity index (χ0n) is 46.0. The van der Waals surface area contributed by atoms with E-state index >= 15 is 0 Å². The standard InChI is InChI=1S/C67H26N12O5S5/c1-66(2)41-20-46(87-61(41)63-44(83-66)17-31(85-63)15-39-48(30(25-71)26-72)35-14-29(24-70)43(73-5)19-38(35)59(39)81)50-53-54(77-57-52(76-53)33-10-8-9-11-34(33)60(57)82)51(56-55(50)78-89-79-56)47-21-42-62(88-47)64-45(84-67(42,3)4)18-32(86-64)16-40-49(65(74-6)75-7)36-12-27(22-68)28(23-69)13-37(36)58(40)80/h8-21H,1-4H3/b39-15-,40-16-. The first-order chi connectivity index (χ1) is 43.0. The van der Waals surface area contributed by atoms with Crippen LogP contribution in [-0.2, 0) is 11.2 Å². The molecular weight excluding hydrogens is 1210 g/mol. The Morgan fingerprint density at radius 3 is 1.54 bits per heavy atom. The van der Waals surface area contributed by atoms with Gasteiger partial charge in [0.05, 0.1) is 66.1 Å². The van der Waals surface area contributed by atoms with Gasteiger partial charge in [0, 0.05) is 80.7 Å². The molecule has 8 heterocycles. The monoisotopic (exact) mass is 1240 g/mol. The average molecular weight is 1240 g/mol. The Morgan fingerprint density at radius 1 is 0.539 bits per heavy atom. The van der Waals surface area contributed by atoms with Gasteiger partial charge in [-0.15, -0.1) is 45.3 Å². The summed E-state index contributed by atoms with van der Waals surface area (Å²) >= 11 is 6.65. The molecule has 17 nitrogen and oxygen atoms in total. The van der Waals surface area contributed by atoms with Crippen LogP contribution in [0.5, 0.6) is 11.5 Å². The number of hydrogen-bond donors (Lipinski definition) is 0. The van der Waals surface area contributed by atoms with E-state index in [0.29, 0.717) is 71.3 Å². The van der Waals surface area contributed by atoms with Crippen LogP contribution < -0.4 is 9.47 Å². The summed E-state index contributed by atoms with van der Waals surface area (Å²) in [6, 6.07) is 30.2. The Morgan fingerprint density at radius 2 is 1.02 bits per heavy atom. The largest absolute Gasteiger partial charge is 0.528 e. The number of aromatic nitrogens is 4. The molecule has 0 saturated heterocycles. The molecule has 0 radical (unpaired) electrons. The van der Waals surface area contributed by atoms with E-state index in [-0.39, 0.29) is 89.8 Å². The lowest BCUT2D eigenvalue weighted by Gasteiger charge is -2.31. The van der Waals surface area contributed by atoms with Crippen molar-refractivity contribution in [3.8, 4) is 93.5 Å². The minimum atomic E-state index is -0.921. The number of rotatable bonds is 4. The predicted octanol–water partition coefficient (Wildman–Crippen LogP) is 16.0. The predicted molar refractivity (Wildman–Crippen MR) is 336 cm³/mol. The van der Waals surface area contributed by atoms with Crippen molar-refractivity contribution in [1.29, 1.82) is 26.3 Å². The topological polar surface area (TPSA) is 253 Å². The molecule has 15 rings (SSSR count). The summed E-state index contributed by atoms with van der Waals surface area (Å²) in [6.45, 7) is 31.2. The second kappa shape index (κ2) is 19.2. The average Bonchev–Trinajstić information content (AvgIpc) is 1.60. The maximum Gasteiger partial charge on any atom is 0.528 e. The Bertz CT molecular complexity index is 5660. The molecular formula is C67H26N12O5S5. The zero-order chi connectivity index (χ0) is 61.9. The van der Waals surface area contributed by atoms with Crippen molar-refractivity contribution >= 4 is 125 Å². The van der Waals surface area contributed by atoms with E-state index in [0.717, 1.165) is 52.1 Å². The van der Waals surface area contributed by atoms with Gasteiger partial charge in [-0.1, -0.05) is 24.3 Å². The molecule has 0 bridgehead atoms. The van der Waals surface area contributed by atoms with E-state index in [1.165, 1.54) is 69.6 Å². The summed E-state index contributed by atoms with van der Waals surface area (Å²) in [7, 11) is 0. The van der Waals surface area contributed by atoms with Gasteiger partial charge in [0.25, 0.3) is 0 Å². The number of carbonyl (C=O) groups excluding carboxylic acids is 3. The third-order valence-corrected chi connectivity index (χ3v) is 21.4. The summed E-state index contributed by atoms with van der Waals surface area (Å²) in [4.78, 5) is 69.9. The highest BCUT2D eigenvalue weighted by molar-refractivity contribution is 7.25. The van der Waals surface area contributed by atoms with Crippen LogP contribution in [0.2, 0.25) is 0 Å². The van der Waals surface area contributed by atoms with Crippen LogP contribution in [0.4, 0.5) is 5.69 Å². The minimum Gasteiger partial charge on any atom is -0.482 e. The number of ketones is 3. The smallest absolute Gasteiger partial charge is 0.482 e. The van der Waals surface area contributed by atoms with Gasteiger partial charge in [0.15, 0.2) is 11.6 Å². The maximum atomic E-state index is 14.4. The number of nitriles is 5. The molecule has 0 fully saturated rings. The molecule has 0 amide bonds. The van der Waals surface area contributed by atoms with E-state index in [9.17, 15) is 40.7 Å². The molecule has 4 aromatic carbocycles. The van der Waals surface area contributed by atoms with Gasteiger partial charge in [0.1, 0.15) is 99.2 Å². The summed E-state index contributed by atoms with van der Waals surface area (Å²) < 4.78 is 23.6.